The molecule has 26 heavy (non-hydrogen) atoms. The SMILES string of the molecule is Cn1ccnc1CCN1CC(Cn2nc(-c3cccnc3)ccc2=O)C1. The van der Waals surface area contributed by atoms with Crippen LogP contribution in [0.3, 0.4) is 0 Å². The monoisotopic (exact) mass is 350 g/mol. The van der Waals surface area contributed by atoms with Gasteiger partial charge < -0.3 is 9.47 Å². The van der Waals surface area contributed by atoms with Crippen molar-refractivity contribution in [3.63, 3.8) is 0 Å². The lowest BCUT2D eigenvalue weighted by molar-refractivity contribution is 0.0849. The first-order chi connectivity index (χ1) is 12.7. The number of hydrogen-bond donors (Lipinski definition) is 0. The van der Waals surface area contributed by atoms with E-state index < -0.39 is 0 Å². The summed E-state index contributed by atoms with van der Waals surface area (Å²) in [5.41, 5.74) is 1.65. The molecule has 0 unspecified atom stereocenters. The van der Waals surface area contributed by atoms with Gasteiger partial charge in [0, 0.05) is 75.4 Å². The first kappa shape index (κ1) is 16.7. The highest BCUT2D eigenvalue weighted by Gasteiger charge is 2.27. The predicted octanol–water partition coefficient (Wildman–Crippen LogP) is 1.21. The van der Waals surface area contributed by atoms with Gasteiger partial charge >= 0.3 is 0 Å². The third-order valence-corrected chi connectivity index (χ3v) is 4.86. The number of hydrogen-bond acceptors (Lipinski definition) is 5. The third-order valence-electron chi connectivity index (χ3n) is 4.86. The Labute approximate surface area is 151 Å². The van der Waals surface area contributed by atoms with Crippen molar-refractivity contribution in [2.75, 3.05) is 19.6 Å². The molecule has 134 valence electrons. The predicted molar refractivity (Wildman–Crippen MR) is 98.6 cm³/mol. The lowest BCUT2D eigenvalue weighted by Crippen LogP contribution is -2.50. The van der Waals surface area contributed by atoms with Crippen LogP contribution >= 0.6 is 0 Å². The highest BCUT2D eigenvalue weighted by atomic mass is 16.1. The minimum absolute atomic E-state index is 0.0518. The van der Waals surface area contributed by atoms with E-state index >= 15 is 0 Å². The second kappa shape index (κ2) is 7.21. The zero-order valence-corrected chi connectivity index (χ0v) is 14.8. The maximum Gasteiger partial charge on any atom is 0.266 e. The van der Waals surface area contributed by atoms with E-state index in [1.165, 1.54) is 0 Å². The molecule has 4 rings (SSSR count). The first-order valence-electron chi connectivity index (χ1n) is 8.86. The molecule has 1 saturated heterocycles. The molecule has 0 saturated carbocycles. The molecule has 3 aromatic rings. The molecular weight excluding hydrogens is 328 g/mol. The Bertz CT molecular complexity index is 926. The largest absolute Gasteiger partial charge is 0.338 e. The highest BCUT2D eigenvalue weighted by molar-refractivity contribution is 5.56. The Hall–Kier alpha value is -2.80. The molecule has 0 aliphatic carbocycles. The van der Waals surface area contributed by atoms with Gasteiger partial charge in [-0.3, -0.25) is 9.78 Å². The minimum atomic E-state index is -0.0518. The molecule has 0 radical (unpaired) electrons. The van der Waals surface area contributed by atoms with Crippen molar-refractivity contribution >= 4 is 0 Å². The molecule has 1 aliphatic heterocycles. The summed E-state index contributed by atoms with van der Waals surface area (Å²) in [4.78, 5) is 23.0. The van der Waals surface area contributed by atoms with Gasteiger partial charge in [0.2, 0.25) is 0 Å². The fourth-order valence-electron chi connectivity index (χ4n) is 3.36. The fourth-order valence-corrected chi connectivity index (χ4v) is 3.36. The van der Waals surface area contributed by atoms with Crippen LogP contribution in [0.4, 0.5) is 0 Å². The van der Waals surface area contributed by atoms with E-state index in [0.29, 0.717) is 12.5 Å². The van der Waals surface area contributed by atoms with Crippen LogP contribution in [0.25, 0.3) is 11.3 Å². The molecule has 1 fully saturated rings. The molecule has 0 aromatic carbocycles. The van der Waals surface area contributed by atoms with Crippen LogP contribution in [0.1, 0.15) is 5.82 Å². The Morgan fingerprint density at radius 2 is 2.08 bits per heavy atom. The Kier molecular flexibility index (Phi) is 4.62. The molecule has 3 aromatic heterocycles. The quantitative estimate of drug-likeness (QED) is 0.668. The van der Waals surface area contributed by atoms with Gasteiger partial charge in [-0.05, 0) is 18.2 Å². The molecule has 0 N–H and O–H groups in total. The number of imidazole rings is 1. The Morgan fingerprint density at radius 3 is 2.81 bits per heavy atom. The summed E-state index contributed by atoms with van der Waals surface area (Å²) >= 11 is 0. The molecule has 0 bridgehead atoms. The second-order valence-electron chi connectivity index (χ2n) is 6.81. The number of nitrogens with zero attached hydrogens (tertiary/aromatic N) is 6. The van der Waals surface area contributed by atoms with Crippen molar-refractivity contribution in [3.05, 3.63) is 65.2 Å². The average Bonchev–Trinajstić information content (AvgIpc) is 3.04. The maximum absolute atomic E-state index is 12.1. The summed E-state index contributed by atoms with van der Waals surface area (Å²) in [5.74, 6) is 1.57. The van der Waals surface area contributed by atoms with Crippen LogP contribution < -0.4 is 5.56 Å². The van der Waals surface area contributed by atoms with Gasteiger partial charge in [-0.25, -0.2) is 9.67 Å². The van der Waals surface area contributed by atoms with Crippen molar-refractivity contribution in [2.24, 2.45) is 13.0 Å². The molecule has 1 aliphatic rings. The first-order valence-corrected chi connectivity index (χ1v) is 8.86. The molecule has 4 heterocycles. The zero-order chi connectivity index (χ0) is 17.9. The Morgan fingerprint density at radius 1 is 1.19 bits per heavy atom. The van der Waals surface area contributed by atoms with Crippen LogP contribution in [0.2, 0.25) is 0 Å². The van der Waals surface area contributed by atoms with Crippen LogP contribution in [-0.2, 0) is 20.0 Å². The zero-order valence-electron chi connectivity index (χ0n) is 14.8. The number of likely N-dealkylation sites (tertiary alicyclic amines) is 1. The van der Waals surface area contributed by atoms with E-state index in [1.807, 2.05) is 31.6 Å². The van der Waals surface area contributed by atoms with Gasteiger partial charge in [-0.1, -0.05) is 0 Å². The fraction of sp³-hybridized carbons (Fsp3) is 0.368. The van der Waals surface area contributed by atoms with Crippen LogP contribution in [0, 0.1) is 5.92 Å². The molecule has 7 heteroatoms. The van der Waals surface area contributed by atoms with E-state index in [4.69, 9.17) is 0 Å². The molecular formula is C19H22N6O. The van der Waals surface area contributed by atoms with Gasteiger partial charge in [0.25, 0.3) is 5.56 Å². The highest BCUT2D eigenvalue weighted by Crippen LogP contribution is 2.18. The van der Waals surface area contributed by atoms with Crippen molar-refractivity contribution < 1.29 is 0 Å². The molecule has 7 nitrogen and oxygen atoms in total. The normalized spacial score (nSPS) is 15.1. The van der Waals surface area contributed by atoms with E-state index in [-0.39, 0.29) is 5.56 Å². The summed E-state index contributed by atoms with van der Waals surface area (Å²) in [6, 6.07) is 7.17. The van der Waals surface area contributed by atoms with Gasteiger partial charge in [0.05, 0.1) is 12.2 Å². The van der Waals surface area contributed by atoms with Gasteiger partial charge in [-0.2, -0.15) is 5.10 Å². The number of aromatic nitrogens is 5. The molecule has 0 spiro atoms. The van der Waals surface area contributed by atoms with Gasteiger partial charge in [-0.15, -0.1) is 0 Å². The Balaban J connectivity index is 1.34. The molecule has 0 atom stereocenters. The standard InChI is InChI=1S/C19H22N6O/c1-23-10-8-21-18(23)6-9-24-12-15(13-24)14-25-19(26)5-4-17(22-25)16-3-2-7-20-11-16/h2-5,7-8,10-11,15H,6,9,12-14H2,1H3. The van der Waals surface area contributed by atoms with Crippen molar-refractivity contribution in [3.8, 4) is 11.3 Å². The lowest BCUT2D eigenvalue weighted by Gasteiger charge is -2.39. The number of aryl methyl sites for hydroxylation is 1. The topological polar surface area (TPSA) is 68.8 Å². The summed E-state index contributed by atoms with van der Waals surface area (Å²) < 4.78 is 3.65. The van der Waals surface area contributed by atoms with E-state index in [9.17, 15) is 4.79 Å². The lowest BCUT2D eigenvalue weighted by atomic mass is 10.00. The smallest absolute Gasteiger partial charge is 0.266 e. The second-order valence-corrected chi connectivity index (χ2v) is 6.81. The summed E-state index contributed by atoms with van der Waals surface area (Å²) in [7, 11) is 2.02. The van der Waals surface area contributed by atoms with Crippen LogP contribution in [0.5, 0.6) is 0 Å². The average molecular weight is 350 g/mol. The number of rotatable bonds is 6. The molecule has 0 amide bonds. The summed E-state index contributed by atoms with van der Waals surface area (Å²) in [6.07, 6.45) is 8.25. The number of pyridine rings is 1. The van der Waals surface area contributed by atoms with Crippen LogP contribution in [0.15, 0.2) is 53.8 Å². The van der Waals surface area contributed by atoms with E-state index in [0.717, 1.165) is 43.1 Å². The van der Waals surface area contributed by atoms with Gasteiger partial charge in [0.1, 0.15) is 5.82 Å². The minimum Gasteiger partial charge on any atom is -0.338 e. The summed E-state index contributed by atoms with van der Waals surface area (Å²) in [6.45, 7) is 3.65. The summed E-state index contributed by atoms with van der Waals surface area (Å²) in [5, 5.41) is 4.52. The maximum atomic E-state index is 12.1. The van der Waals surface area contributed by atoms with E-state index in [1.54, 1.807) is 29.2 Å². The van der Waals surface area contributed by atoms with Crippen LogP contribution in [-0.4, -0.2) is 48.8 Å². The van der Waals surface area contributed by atoms with Crippen molar-refractivity contribution in [1.29, 1.82) is 0 Å². The third kappa shape index (κ3) is 3.57. The van der Waals surface area contributed by atoms with Crippen molar-refractivity contribution in [1.82, 2.24) is 29.2 Å². The van der Waals surface area contributed by atoms with E-state index in [2.05, 4.69) is 24.5 Å². The van der Waals surface area contributed by atoms with Crippen molar-refractivity contribution in [2.45, 2.75) is 13.0 Å². The van der Waals surface area contributed by atoms with Gasteiger partial charge in [0.15, 0.2) is 0 Å².